The largest absolute Gasteiger partial charge is 0.493 e. The zero-order valence-electron chi connectivity index (χ0n) is 27.2. The van der Waals surface area contributed by atoms with Gasteiger partial charge < -0.3 is 24.8 Å². The number of anilines is 2. The first-order chi connectivity index (χ1) is 21.4. The number of fused-ring (bicyclic) bond motifs is 1. The Hall–Kier alpha value is -3.99. The quantitative estimate of drug-likeness (QED) is 0.208. The van der Waals surface area contributed by atoms with Gasteiger partial charge in [-0.2, -0.15) is 4.98 Å². The third-order valence-corrected chi connectivity index (χ3v) is 8.73. The maximum atomic E-state index is 13.9. The average molecular weight is 619 g/mol. The van der Waals surface area contributed by atoms with Crippen molar-refractivity contribution in [1.82, 2.24) is 24.4 Å². The molecule has 0 unspecified atom stereocenters. The Morgan fingerprint density at radius 2 is 1.87 bits per heavy atom. The molecule has 0 bridgehead atoms. The minimum Gasteiger partial charge on any atom is -0.493 e. The van der Waals surface area contributed by atoms with E-state index in [4.69, 9.17) is 14.5 Å². The SMILES string of the molecule is C=C(OCCCC)c1c(C)c2cnc(Nc3ccc(C4(O)CCN(C(=O)OC(C)(C)C)CC4)cn3)nc2n(C2CCCC2)c1=O. The van der Waals surface area contributed by atoms with Gasteiger partial charge in [-0.15, -0.1) is 0 Å². The molecule has 2 N–H and O–H groups in total. The summed E-state index contributed by atoms with van der Waals surface area (Å²) in [7, 11) is 0. The average Bonchev–Trinajstić information content (AvgIpc) is 3.52. The van der Waals surface area contributed by atoms with Gasteiger partial charge >= 0.3 is 6.09 Å². The summed E-state index contributed by atoms with van der Waals surface area (Å²) in [5, 5.41) is 15.3. The van der Waals surface area contributed by atoms with Gasteiger partial charge in [0, 0.05) is 42.5 Å². The monoisotopic (exact) mass is 618 g/mol. The topological polar surface area (TPSA) is 132 Å². The van der Waals surface area contributed by atoms with Gasteiger partial charge in [0.05, 0.1) is 17.8 Å². The van der Waals surface area contributed by atoms with E-state index in [1.54, 1.807) is 23.4 Å². The standard InChI is InChI=1S/C34H46N6O5/c1-7-8-19-44-23(3)28-22(2)26-21-36-31(38-29(26)40(30(28)41)25-11-9-10-12-25)37-27-14-13-24(20-35-27)34(43)15-17-39(18-16-34)32(42)45-33(4,5)6/h13-14,20-21,25,43H,3,7-12,15-19H2,1-2,4-6H3,(H,35,36,37,38). The number of carbonyl (C=O) groups excluding carboxylic acids is 1. The molecule has 45 heavy (non-hydrogen) atoms. The Bertz CT molecular complexity index is 1600. The zero-order chi connectivity index (χ0) is 32.4. The Morgan fingerprint density at radius 3 is 2.49 bits per heavy atom. The number of rotatable bonds is 9. The lowest BCUT2D eigenvalue weighted by atomic mass is 9.85. The van der Waals surface area contributed by atoms with Crippen molar-refractivity contribution in [3.05, 3.63) is 58.1 Å². The first kappa shape index (κ1) is 32.4. The number of likely N-dealkylation sites (tertiary alicyclic amines) is 1. The molecule has 242 valence electrons. The normalized spacial score (nSPS) is 17.0. The van der Waals surface area contributed by atoms with Crippen molar-refractivity contribution in [2.75, 3.05) is 25.0 Å². The number of nitrogens with one attached hydrogen (secondary N) is 1. The second-order valence-corrected chi connectivity index (χ2v) is 13.2. The van der Waals surface area contributed by atoms with Gasteiger partial charge in [-0.3, -0.25) is 9.36 Å². The second-order valence-electron chi connectivity index (χ2n) is 13.2. The summed E-state index contributed by atoms with van der Waals surface area (Å²) in [5.74, 6) is 1.22. The number of aliphatic hydroxyl groups is 1. The lowest BCUT2D eigenvalue weighted by molar-refractivity contribution is -0.0358. The van der Waals surface area contributed by atoms with Gasteiger partial charge in [-0.05, 0) is 71.4 Å². The fraction of sp³-hybridized carbons (Fsp3) is 0.559. The molecule has 1 aliphatic heterocycles. The third-order valence-electron chi connectivity index (χ3n) is 8.73. The van der Waals surface area contributed by atoms with Gasteiger partial charge in [0.25, 0.3) is 5.56 Å². The van der Waals surface area contributed by atoms with Crippen LogP contribution in [0.2, 0.25) is 0 Å². The van der Waals surface area contributed by atoms with E-state index >= 15 is 0 Å². The smallest absolute Gasteiger partial charge is 0.410 e. The van der Waals surface area contributed by atoms with Crippen molar-refractivity contribution in [2.45, 2.75) is 103 Å². The second kappa shape index (κ2) is 13.2. The van der Waals surface area contributed by atoms with Crippen molar-refractivity contribution in [3.63, 3.8) is 0 Å². The maximum Gasteiger partial charge on any atom is 0.410 e. The van der Waals surface area contributed by atoms with Crippen molar-refractivity contribution in [3.8, 4) is 0 Å². The Kier molecular flexibility index (Phi) is 9.48. The summed E-state index contributed by atoms with van der Waals surface area (Å²) >= 11 is 0. The van der Waals surface area contributed by atoms with Crippen LogP contribution in [0.1, 0.15) is 102 Å². The van der Waals surface area contributed by atoms with E-state index in [1.807, 2.05) is 38.3 Å². The summed E-state index contributed by atoms with van der Waals surface area (Å²) < 4.78 is 13.2. The summed E-state index contributed by atoms with van der Waals surface area (Å²) in [6, 6.07) is 3.65. The fourth-order valence-corrected chi connectivity index (χ4v) is 6.17. The molecular weight excluding hydrogens is 572 g/mol. The summed E-state index contributed by atoms with van der Waals surface area (Å²) in [6.07, 6.45) is 9.60. The molecule has 3 aromatic rings. The Labute approximate surface area is 264 Å². The summed E-state index contributed by atoms with van der Waals surface area (Å²) in [6.45, 7) is 14.9. The van der Waals surface area contributed by atoms with Gasteiger partial charge in [-0.1, -0.05) is 38.8 Å². The molecular formula is C34H46N6O5. The van der Waals surface area contributed by atoms with E-state index in [1.165, 1.54) is 0 Å². The first-order valence-corrected chi connectivity index (χ1v) is 16.1. The minimum absolute atomic E-state index is 0.0467. The van der Waals surface area contributed by atoms with E-state index in [2.05, 4.69) is 28.8 Å². The number of amides is 1. The number of pyridine rings is 2. The van der Waals surface area contributed by atoms with Crippen molar-refractivity contribution in [2.24, 2.45) is 0 Å². The Balaban J connectivity index is 1.36. The minimum atomic E-state index is -1.10. The van der Waals surface area contributed by atoms with E-state index in [-0.39, 0.29) is 17.7 Å². The number of carbonyl (C=O) groups is 1. The van der Waals surface area contributed by atoms with Crippen LogP contribution in [0, 0.1) is 6.92 Å². The van der Waals surface area contributed by atoms with Crippen LogP contribution in [0.25, 0.3) is 16.8 Å². The van der Waals surface area contributed by atoms with Gasteiger partial charge in [0.2, 0.25) is 5.95 Å². The lowest BCUT2D eigenvalue weighted by Crippen LogP contribution is -2.46. The molecule has 3 aromatic heterocycles. The molecule has 0 radical (unpaired) electrons. The van der Waals surface area contributed by atoms with E-state index < -0.39 is 11.2 Å². The molecule has 1 amide bonds. The van der Waals surface area contributed by atoms with Gasteiger partial charge in [0.1, 0.15) is 22.8 Å². The number of aromatic nitrogens is 4. The molecule has 11 nitrogen and oxygen atoms in total. The van der Waals surface area contributed by atoms with Crippen LogP contribution in [-0.2, 0) is 15.1 Å². The van der Waals surface area contributed by atoms with Crippen molar-refractivity contribution in [1.29, 1.82) is 0 Å². The fourth-order valence-electron chi connectivity index (χ4n) is 6.17. The molecule has 2 fully saturated rings. The molecule has 1 aliphatic carbocycles. The maximum absolute atomic E-state index is 13.9. The molecule has 2 aliphatic rings. The van der Waals surface area contributed by atoms with Crippen molar-refractivity contribution < 1.29 is 19.4 Å². The number of piperidine rings is 1. The molecule has 0 spiro atoms. The molecule has 11 heteroatoms. The summed E-state index contributed by atoms with van der Waals surface area (Å²) in [5.41, 5.74) is 0.699. The van der Waals surface area contributed by atoms with E-state index in [0.29, 0.717) is 66.8 Å². The van der Waals surface area contributed by atoms with Crippen LogP contribution < -0.4 is 10.9 Å². The predicted molar refractivity (Wildman–Crippen MR) is 174 cm³/mol. The predicted octanol–water partition coefficient (Wildman–Crippen LogP) is 6.36. The first-order valence-electron chi connectivity index (χ1n) is 16.1. The highest BCUT2D eigenvalue weighted by Crippen LogP contribution is 2.35. The van der Waals surface area contributed by atoms with Gasteiger partial charge in [0.15, 0.2) is 0 Å². The molecule has 1 saturated heterocycles. The highest BCUT2D eigenvalue weighted by molar-refractivity contribution is 5.84. The third kappa shape index (κ3) is 7.13. The molecule has 0 aromatic carbocycles. The number of nitrogens with zero attached hydrogens (tertiary/aromatic N) is 5. The van der Waals surface area contributed by atoms with E-state index in [0.717, 1.165) is 49.5 Å². The number of ether oxygens (including phenoxy) is 2. The zero-order valence-corrected chi connectivity index (χ0v) is 27.2. The van der Waals surface area contributed by atoms with Crippen LogP contribution in [0.4, 0.5) is 16.6 Å². The van der Waals surface area contributed by atoms with E-state index in [9.17, 15) is 14.7 Å². The molecule has 1 saturated carbocycles. The molecule has 0 atom stereocenters. The number of hydrogen-bond donors (Lipinski definition) is 2. The highest BCUT2D eigenvalue weighted by Gasteiger charge is 2.37. The lowest BCUT2D eigenvalue weighted by Gasteiger charge is -2.38. The molecule has 5 rings (SSSR count). The molecule has 4 heterocycles. The van der Waals surface area contributed by atoms with Crippen molar-refractivity contribution >= 4 is 34.7 Å². The van der Waals surface area contributed by atoms with Crippen LogP contribution in [0.15, 0.2) is 35.9 Å². The number of hydrogen-bond acceptors (Lipinski definition) is 9. The van der Waals surface area contributed by atoms with Gasteiger partial charge in [-0.25, -0.2) is 14.8 Å². The van der Waals surface area contributed by atoms with Crippen LogP contribution in [0.3, 0.4) is 0 Å². The van der Waals surface area contributed by atoms with Crippen LogP contribution in [0.5, 0.6) is 0 Å². The van der Waals surface area contributed by atoms with Crippen LogP contribution >= 0.6 is 0 Å². The van der Waals surface area contributed by atoms with Crippen LogP contribution in [-0.4, -0.2) is 60.9 Å². The number of unbranched alkanes of at least 4 members (excludes halogenated alkanes) is 1. The Morgan fingerprint density at radius 1 is 1.16 bits per heavy atom. The summed E-state index contributed by atoms with van der Waals surface area (Å²) in [4.78, 5) is 41.9. The number of aryl methyl sites for hydroxylation is 1. The highest BCUT2D eigenvalue weighted by atomic mass is 16.6.